The molecule has 0 fully saturated rings. The van der Waals surface area contributed by atoms with Gasteiger partial charge in [-0.05, 0) is 56.6 Å². The Balaban J connectivity index is 1.36. The molecule has 0 amide bonds. The maximum Gasteiger partial charge on any atom is 0.332 e. The van der Waals surface area contributed by atoms with Gasteiger partial charge in [-0.3, -0.25) is 18.5 Å². The Morgan fingerprint density at radius 2 is 1.43 bits per heavy atom. The molecule has 4 rings (SSSR count). The summed E-state index contributed by atoms with van der Waals surface area (Å²) in [5, 5.41) is 0. The fraction of sp³-hybridized carbons (Fsp3) is 0.452. The summed E-state index contributed by atoms with van der Waals surface area (Å²) in [5.41, 5.74) is 2.19. The zero-order valence-corrected chi connectivity index (χ0v) is 25.4. The van der Waals surface area contributed by atoms with E-state index in [4.69, 9.17) is 13.8 Å². The summed E-state index contributed by atoms with van der Waals surface area (Å²) in [4.78, 5) is 30.4. The number of aromatic nitrogens is 4. The Labute approximate surface area is 246 Å². The average molecular weight is 597 g/mol. The number of fused-ring (bicyclic) bond motifs is 1. The number of aryl methyl sites for hydroxylation is 3. The minimum Gasteiger partial charge on any atom is -0.361 e. The van der Waals surface area contributed by atoms with Crippen LogP contribution in [0.3, 0.4) is 0 Å². The Morgan fingerprint density at radius 1 is 0.833 bits per heavy atom. The van der Waals surface area contributed by atoms with Crippen LogP contribution in [0.1, 0.15) is 43.7 Å². The SMILES string of the molecule is CCOCn1cnc2c1c(=O)n(CCCCP(=O)(OCCCc1ccccc1)OCCCc1ccccc1)c(=O)n2C. The van der Waals surface area contributed by atoms with Gasteiger partial charge < -0.3 is 18.4 Å². The van der Waals surface area contributed by atoms with Gasteiger partial charge in [-0.1, -0.05) is 60.7 Å². The summed E-state index contributed by atoms with van der Waals surface area (Å²) in [5.74, 6) is 0. The highest BCUT2D eigenvalue weighted by molar-refractivity contribution is 7.53. The third-order valence-corrected chi connectivity index (χ3v) is 9.10. The van der Waals surface area contributed by atoms with Crippen molar-refractivity contribution in [1.82, 2.24) is 18.7 Å². The minimum absolute atomic E-state index is 0.173. The molecular formula is C31H41N4O6P. The van der Waals surface area contributed by atoms with Crippen molar-refractivity contribution in [2.24, 2.45) is 7.05 Å². The summed E-state index contributed by atoms with van der Waals surface area (Å²) in [6.45, 7) is 3.36. The van der Waals surface area contributed by atoms with Crippen molar-refractivity contribution in [2.75, 3.05) is 26.0 Å². The van der Waals surface area contributed by atoms with E-state index in [1.54, 1.807) is 11.6 Å². The van der Waals surface area contributed by atoms with E-state index >= 15 is 0 Å². The van der Waals surface area contributed by atoms with Gasteiger partial charge in [-0.15, -0.1) is 0 Å². The average Bonchev–Trinajstić information content (AvgIpc) is 3.44. The van der Waals surface area contributed by atoms with Gasteiger partial charge in [0.15, 0.2) is 11.2 Å². The van der Waals surface area contributed by atoms with Gasteiger partial charge in [0.05, 0.1) is 25.7 Å². The molecule has 42 heavy (non-hydrogen) atoms. The molecule has 0 saturated carbocycles. The molecular weight excluding hydrogens is 555 g/mol. The van der Waals surface area contributed by atoms with Crippen LogP contribution in [0.4, 0.5) is 0 Å². The first-order valence-electron chi connectivity index (χ1n) is 14.6. The number of rotatable bonds is 18. The van der Waals surface area contributed by atoms with Crippen molar-refractivity contribution in [3.8, 4) is 0 Å². The second-order valence-electron chi connectivity index (χ2n) is 10.2. The van der Waals surface area contributed by atoms with Crippen molar-refractivity contribution in [3.05, 3.63) is 99.0 Å². The van der Waals surface area contributed by atoms with Crippen LogP contribution < -0.4 is 11.2 Å². The number of nitrogens with zero attached hydrogens (tertiary/aromatic N) is 4. The molecule has 0 atom stereocenters. The largest absolute Gasteiger partial charge is 0.361 e. The van der Waals surface area contributed by atoms with Crippen molar-refractivity contribution in [3.63, 3.8) is 0 Å². The van der Waals surface area contributed by atoms with Crippen LogP contribution in [0.2, 0.25) is 0 Å². The predicted molar refractivity (Wildman–Crippen MR) is 164 cm³/mol. The van der Waals surface area contributed by atoms with Gasteiger partial charge in [-0.25, -0.2) is 9.78 Å². The third kappa shape index (κ3) is 8.61. The standard InChI is InChI=1S/C31H41N4O6P/c1-3-39-25-34-24-32-29-28(34)30(36)35(31(37)33(29)2)20-10-11-23-42(38,40-21-12-18-26-14-6-4-7-15-26)41-22-13-19-27-16-8-5-9-17-27/h4-9,14-17,24H,3,10-13,18-23,25H2,1-2H3. The Morgan fingerprint density at radius 3 is 2.00 bits per heavy atom. The molecule has 11 heteroatoms. The molecule has 0 spiro atoms. The lowest BCUT2D eigenvalue weighted by Crippen LogP contribution is -2.39. The fourth-order valence-corrected chi connectivity index (χ4v) is 6.56. The van der Waals surface area contributed by atoms with Crippen molar-refractivity contribution < 1.29 is 18.3 Å². The van der Waals surface area contributed by atoms with Crippen LogP contribution in [0, 0.1) is 0 Å². The van der Waals surface area contributed by atoms with Crippen LogP contribution in [0.15, 0.2) is 76.6 Å². The normalized spacial score (nSPS) is 11.9. The van der Waals surface area contributed by atoms with E-state index in [0.29, 0.717) is 43.8 Å². The molecule has 2 heterocycles. The zero-order chi connectivity index (χ0) is 29.8. The number of hydrogen-bond donors (Lipinski definition) is 0. The van der Waals surface area contributed by atoms with Gasteiger partial charge >= 0.3 is 13.3 Å². The fourth-order valence-electron chi connectivity index (χ4n) is 4.80. The van der Waals surface area contributed by atoms with E-state index < -0.39 is 18.8 Å². The highest BCUT2D eigenvalue weighted by Crippen LogP contribution is 2.49. The van der Waals surface area contributed by atoms with Crippen LogP contribution >= 0.6 is 7.60 Å². The Kier molecular flexibility index (Phi) is 11.9. The van der Waals surface area contributed by atoms with E-state index in [1.807, 2.05) is 43.3 Å². The van der Waals surface area contributed by atoms with E-state index in [9.17, 15) is 14.2 Å². The lowest BCUT2D eigenvalue weighted by Gasteiger charge is -2.19. The lowest BCUT2D eigenvalue weighted by atomic mass is 10.1. The molecule has 10 nitrogen and oxygen atoms in total. The van der Waals surface area contributed by atoms with Crippen LogP contribution in [-0.4, -0.2) is 44.7 Å². The van der Waals surface area contributed by atoms with Crippen LogP contribution in [0.5, 0.6) is 0 Å². The van der Waals surface area contributed by atoms with Gasteiger partial charge in [0.25, 0.3) is 5.56 Å². The summed E-state index contributed by atoms with van der Waals surface area (Å²) in [7, 11) is -1.77. The minimum atomic E-state index is -3.37. The summed E-state index contributed by atoms with van der Waals surface area (Å²) >= 11 is 0. The van der Waals surface area contributed by atoms with Gasteiger partial charge in [-0.2, -0.15) is 0 Å². The highest BCUT2D eigenvalue weighted by Gasteiger charge is 2.24. The van der Waals surface area contributed by atoms with Gasteiger partial charge in [0.2, 0.25) is 0 Å². The predicted octanol–water partition coefficient (Wildman–Crippen LogP) is 5.16. The first kappa shape index (κ1) is 31.6. The summed E-state index contributed by atoms with van der Waals surface area (Å²) in [6.07, 6.45) is 5.75. The van der Waals surface area contributed by atoms with E-state index in [0.717, 1.165) is 25.7 Å². The van der Waals surface area contributed by atoms with Crippen LogP contribution in [-0.2, 0) is 51.5 Å². The molecule has 0 N–H and O–H groups in total. The molecule has 226 valence electrons. The number of imidazole rings is 1. The van der Waals surface area contributed by atoms with Crippen molar-refractivity contribution in [1.29, 1.82) is 0 Å². The number of ether oxygens (including phenoxy) is 1. The maximum absolute atomic E-state index is 13.7. The smallest absolute Gasteiger partial charge is 0.332 e. The summed E-state index contributed by atoms with van der Waals surface area (Å²) < 4.78 is 35.1. The van der Waals surface area contributed by atoms with Crippen LogP contribution in [0.25, 0.3) is 11.2 Å². The summed E-state index contributed by atoms with van der Waals surface area (Å²) in [6, 6.07) is 20.2. The second kappa shape index (κ2) is 15.8. The van der Waals surface area contributed by atoms with E-state index in [-0.39, 0.29) is 19.4 Å². The Bertz CT molecular complexity index is 1510. The molecule has 0 aliphatic carbocycles. The lowest BCUT2D eigenvalue weighted by molar-refractivity contribution is 0.0903. The number of unbranched alkanes of at least 4 members (excludes halogenated alkanes) is 1. The maximum atomic E-state index is 13.7. The topological polar surface area (TPSA) is 107 Å². The molecule has 0 bridgehead atoms. The molecule has 0 aliphatic rings. The second-order valence-corrected chi connectivity index (χ2v) is 12.4. The highest BCUT2D eigenvalue weighted by atomic mass is 31.2. The van der Waals surface area contributed by atoms with E-state index in [1.165, 1.54) is 26.6 Å². The number of hydrogen-bond acceptors (Lipinski definition) is 7. The van der Waals surface area contributed by atoms with E-state index in [2.05, 4.69) is 29.2 Å². The monoisotopic (exact) mass is 596 g/mol. The molecule has 0 radical (unpaired) electrons. The van der Waals surface area contributed by atoms with Gasteiger partial charge in [0.1, 0.15) is 6.73 Å². The zero-order valence-electron chi connectivity index (χ0n) is 24.5. The molecule has 4 aromatic rings. The molecule has 0 unspecified atom stereocenters. The molecule has 2 aromatic heterocycles. The van der Waals surface area contributed by atoms with Crippen molar-refractivity contribution >= 4 is 18.8 Å². The molecule has 2 aromatic carbocycles. The quantitative estimate of drug-likeness (QED) is 0.115. The first-order valence-corrected chi connectivity index (χ1v) is 16.3. The third-order valence-electron chi connectivity index (χ3n) is 7.08. The Hall–Kier alpha value is -3.30. The van der Waals surface area contributed by atoms with Crippen molar-refractivity contribution in [2.45, 2.75) is 58.7 Å². The first-order chi connectivity index (χ1) is 20.4. The number of benzene rings is 2. The molecule has 0 aliphatic heterocycles. The molecule has 0 saturated heterocycles. The van der Waals surface area contributed by atoms with Gasteiger partial charge in [0, 0.05) is 20.2 Å².